The van der Waals surface area contributed by atoms with Crippen LogP contribution in [0.25, 0.3) is 0 Å². The molecule has 3 N–H and O–H groups in total. The molecule has 1 rings (SSSR count). The number of carbonyl (C=O) groups excluding carboxylic acids is 1. The zero-order chi connectivity index (χ0) is 13.2. The van der Waals surface area contributed by atoms with Gasteiger partial charge >= 0.3 is 0 Å². The smallest absolute Gasteiger partial charge is 0.240 e. The van der Waals surface area contributed by atoms with Gasteiger partial charge in [0.15, 0.2) is 0 Å². The van der Waals surface area contributed by atoms with Crippen molar-refractivity contribution in [2.24, 2.45) is 5.73 Å². The highest BCUT2D eigenvalue weighted by atomic mass is 16.3. The number of hydrogen-bond acceptors (Lipinski definition) is 3. The second-order valence-electron chi connectivity index (χ2n) is 4.83. The second-order valence-corrected chi connectivity index (χ2v) is 4.83. The molecular weight excluding hydrogens is 216 g/mol. The van der Waals surface area contributed by atoms with E-state index in [0.717, 1.165) is 17.1 Å². The molecule has 0 aromatic carbocycles. The van der Waals surface area contributed by atoms with Crippen LogP contribution in [-0.2, 0) is 4.79 Å². The van der Waals surface area contributed by atoms with Crippen LogP contribution in [0, 0.1) is 13.8 Å². The van der Waals surface area contributed by atoms with E-state index in [1.807, 2.05) is 33.8 Å². The molecule has 4 nitrogen and oxygen atoms in total. The lowest BCUT2D eigenvalue weighted by molar-refractivity contribution is -0.126. The first-order chi connectivity index (χ1) is 7.77. The van der Waals surface area contributed by atoms with Crippen LogP contribution in [-0.4, -0.2) is 11.4 Å². The molecule has 0 saturated carbocycles. The molecule has 0 bridgehead atoms. The Morgan fingerprint density at radius 3 is 2.59 bits per heavy atom. The second kappa shape index (κ2) is 4.92. The molecule has 17 heavy (non-hydrogen) atoms. The number of nitrogens with one attached hydrogen (secondary N) is 1. The zero-order valence-corrected chi connectivity index (χ0v) is 11.3. The molecule has 0 spiro atoms. The Balaban J connectivity index is 2.77. The summed E-state index contributed by atoms with van der Waals surface area (Å²) in [5.41, 5.74) is 6.08. The fourth-order valence-electron chi connectivity index (χ4n) is 1.68. The van der Waals surface area contributed by atoms with Crippen molar-refractivity contribution >= 4 is 5.91 Å². The minimum Gasteiger partial charge on any atom is -0.466 e. The van der Waals surface area contributed by atoms with Crippen LogP contribution in [0.2, 0.25) is 0 Å². The van der Waals surface area contributed by atoms with Gasteiger partial charge < -0.3 is 15.5 Å². The average molecular weight is 238 g/mol. The summed E-state index contributed by atoms with van der Waals surface area (Å²) >= 11 is 0. The Hall–Kier alpha value is -1.29. The average Bonchev–Trinajstić information content (AvgIpc) is 2.57. The first-order valence-corrected chi connectivity index (χ1v) is 5.94. The van der Waals surface area contributed by atoms with E-state index >= 15 is 0 Å². The van der Waals surface area contributed by atoms with Gasteiger partial charge in [-0.1, -0.05) is 6.92 Å². The SMILES string of the molecule is CCC(C)(N)C(=O)NC(C)c1cc(C)oc1C. The molecule has 4 heteroatoms. The molecule has 0 radical (unpaired) electrons. The molecule has 1 aromatic rings. The fourth-order valence-corrected chi connectivity index (χ4v) is 1.68. The van der Waals surface area contributed by atoms with Crippen molar-refractivity contribution in [1.82, 2.24) is 5.32 Å². The van der Waals surface area contributed by atoms with E-state index in [0.29, 0.717) is 6.42 Å². The number of hydrogen-bond donors (Lipinski definition) is 2. The van der Waals surface area contributed by atoms with Crippen LogP contribution >= 0.6 is 0 Å². The third-order valence-electron chi connectivity index (χ3n) is 3.15. The van der Waals surface area contributed by atoms with Crippen LogP contribution in [0.15, 0.2) is 10.5 Å². The van der Waals surface area contributed by atoms with Gasteiger partial charge in [-0.25, -0.2) is 0 Å². The summed E-state index contributed by atoms with van der Waals surface area (Å²) in [4.78, 5) is 11.9. The van der Waals surface area contributed by atoms with Crippen LogP contribution in [0.4, 0.5) is 0 Å². The van der Waals surface area contributed by atoms with Crippen LogP contribution in [0.3, 0.4) is 0 Å². The molecule has 0 aliphatic carbocycles. The van der Waals surface area contributed by atoms with Gasteiger partial charge in [-0.15, -0.1) is 0 Å². The Bertz CT molecular complexity index is 408. The summed E-state index contributed by atoms with van der Waals surface area (Å²) in [5, 5.41) is 2.92. The van der Waals surface area contributed by atoms with E-state index in [4.69, 9.17) is 10.2 Å². The minimum absolute atomic E-state index is 0.0885. The van der Waals surface area contributed by atoms with Gasteiger partial charge in [-0.05, 0) is 40.2 Å². The highest BCUT2D eigenvalue weighted by Crippen LogP contribution is 2.21. The van der Waals surface area contributed by atoms with Crippen molar-refractivity contribution < 1.29 is 9.21 Å². The minimum atomic E-state index is -0.819. The van der Waals surface area contributed by atoms with Crippen molar-refractivity contribution in [3.8, 4) is 0 Å². The van der Waals surface area contributed by atoms with Gasteiger partial charge in [0.1, 0.15) is 11.5 Å². The monoisotopic (exact) mass is 238 g/mol. The molecule has 1 heterocycles. The summed E-state index contributed by atoms with van der Waals surface area (Å²) in [5.74, 6) is 1.56. The first-order valence-electron chi connectivity index (χ1n) is 5.94. The quantitative estimate of drug-likeness (QED) is 0.845. The third-order valence-corrected chi connectivity index (χ3v) is 3.15. The zero-order valence-electron chi connectivity index (χ0n) is 11.3. The summed E-state index contributed by atoms with van der Waals surface area (Å²) in [7, 11) is 0. The van der Waals surface area contributed by atoms with Crippen molar-refractivity contribution in [3.05, 3.63) is 23.2 Å². The molecule has 1 amide bonds. The maximum Gasteiger partial charge on any atom is 0.240 e. The third kappa shape index (κ3) is 3.09. The fraction of sp³-hybridized carbons (Fsp3) is 0.615. The number of nitrogens with two attached hydrogens (primary N) is 1. The summed E-state index contributed by atoms with van der Waals surface area (Å²) in [6.45, 7) is 9.36. The summed E-state index contributed by atoms with van der Waals surface area (Å²) in [6.07, 6.45) is 0.606. The maximum absolute atomic E-state index is 11.9. The van der Waals surface area contributed by atoms with E-state index in [1.54, 1.807) is 6.92 Å². The number of aryl methyl sites for hydroxylation is 2. The number of amides is 1. The van der Waals surface area contributed by atoms with E-state index < -0.39 is 5.54 Å². The van der Waals surface area contributed by atoms with Crippen molar-refractivity contribution in [3.63, 3.8) is 0 Å². The Morgan fingerprint density at radius 1 is 1.59 bits per heavy atom. The van der Waals surface area contributed by atoms with E-state index in [2.05, 4.69) is 5.32 Å². The highest BCUT2D eigenvalue weighted by Gasteiger charge is 2.27. The standard InChI is InChI=1S/C13H22N2O2/c1-6-13(5,14)12(16)15-9(3)11-7-8(2)17-10(11)4/h7,9H,6,14H2,1-5H3,(H,15,16). The predicted octanol–water partition coefficient (Wildman–Crippen LogP) is 2.20. The van der Waals surface area contributed by atoms with Crippen molar-refractivity contribution in [2.45, 2.75) is 52.6 Å². The van der Waals surface area contributed by atoms with Gasteiger partial charge in [0.2, 0.25) is 5.91 Å². The molecular formula is C13H22N2O2. The molecule has 0 aliphatic rings. The predicted molar refractivity (Wildman–Crippen MR) is 67.6 cm³/mol. The highest BCUT2D eigenvalue weighted by molar-refractivity contribution is 5.85. The van der Waals surface area contributed by atoms with Crippen molar-refractivity contribution in [1.29, 1.82) is 0 Å². The Morgan fingerprint density at radius 2 is 2.18 bits per heavy atom. The van der Waals surface area contributed by atoms with Crippen LogP contribution in [0.1, 0.15) is 50.3 Å². The van der Waals surface area contributed by atoms with Gasteiger partial charge in [0, 0.05) is 5.56 Å². The topological polar surface area (TPSA) is 68.3 Å². The van der Waals surface area contributed by atoms with E-state index in [-0.39, 0.29) is 11.9 Å². The van der Waals surface area contributed by atoms with Crippen molar-refractivity contribution in [2.75, 3.05) is 0 Å². The van der Waals surface area contributed by atoms with Crippen LogP contribution in [0.5, 0.6) is 0 Å². The van der Waals surface area contributed by atoms with Gasteiger partial charge in [0.25, 0.3) is 0 Å². The van der Waals surface area contributed by atoms with Gasteiger partial charge in [0.05, 0.1) is 11.6 Å². The number of rotatable bonds is 4. The molecule has 96 valence electrons. The van der Waals surface area contributed by atoms with Crippen LogP contribution < -0.4 is 11.1 Å². The normalized spacial score (nSPS) is 16.4. The van der Waals surface area contributed by atoms with Gasteiger partial charge in [-0.2, -0.15) is 0 Å². The lowest BCUT2D eigenvalue weighted by atomic mass is 9.98. The van der Waals surface area contributed by atoms with E-state index in [1.165, 1.54) is 0 Å². The Labute approximate surface area is 103 Å². The number of carbonyl (C=O) groups is 1. The molecule has 2 atom stereocenters. The molecule has 1 aromatic heterocycles. The Kier molecular flexibility index (Phi) is 3.98. The first kappa shape index (κ1) is 13.8. The molecule has 0 saturated heterocycles. The van der Waals surface area contributed by atoms with Gasteiger partial charge in [-0.3, -0.25) is 4.79 Å². The number of furan rings is 1. The summed E-state index contributed by atoms with van der Waals surface area (Å²) < 4.78 is 5.45. The molecule has 2 unspecified atom stereocenters. The van der Waals surface area contributed by atoms with E-state index in [9.17, 15) is 4.79 Å². The summed E-state index contributed by atoms with van der Waals surface area (Å²) in [6, 6.07) is 1.86. The lowest BCUT2D eigenvalue weighted by Gasteiger charge is -2.24. The molecule has 0 aliphatic heterocycles. The largest absolute Gasteiger partial charge is 0.466 e. The maximum atomic E-state index is 11.9. The molecule has 0 fully saturated rings. The lowest BCUT2D eigenvalue weighted by Crippen LogP contribution is -2.51.